The van der Waals surface area contributed by atoms with Crippen molar-refractivity contribution in [1.29, 1.82) is 0 Å². The summed E-state index contributed by atoms with van der Waals surface area (Å²) < 4.78 is 37.9. The molecule has 0 spiro atoms. The summed E-state index contributed by atoms with van der Waals surface area (Å²) in [6.45, 7) is 6.15. The summed E-state index contributed by atoms with van der Waals surface area (Å²) in [7, 11) is 0. The molecule has 1 aliphatic heterocycles. The maximum Gasteiger partial charge on any atom is 0.393 e. The van der Waals surface area contributed by atoms with Crippen LogP contribution in [0.25, 0.3) is 0 Å². The van der Waals surface area contributed by atoms with Crippen LogP contribution < -0.4 is 5.32 Å². The first-order valence-electron chi connectivity index (χ1n) is 6.67. The molecule has 1 N–H and O–H groups in total. The average molecular weight is 271 g/mol. The number of alkyl halides is 3. The summed E-state index contributed by atoms with van der Waals surface area (Å²) in [5, 5.41) is 3.06. The zero-order chi connectivity index (χ0) is 14.2. The minimum Gasteiger partial charge on any atom is -0.309 e. The van der Waals surface area contributed by atoms with Crippen LogP contribution in [0.5, 0.6) is 0 Å². The van der Waals surface area contributed by atoms with Gasteiger partial charge in [0.05, 0.1) is 5.92 Å². The van der Waals surface area contributed by atoms with Crippen molar-refractivity contribution in [2.45, 2.75) is 45.8 Å². The molecule has 2 unspecified atom stereocenters. The van der Waals surface area contributed by atoms with E-state index in [9.17, 15) is 13.2 Å². The zero-order valence-corrected chi connectivity index (χ0v) is 11.6. The van der Waals surface area contributed by atoms with Gasteiger partial charge in [-0.2, -0.15) is 13.2 Å². The highest BCUT2D eigenvalue weighted by molar-refractivity contribution is 5.38. The molecule has 1 aromatic carbocycles. The van der Waals surface area contributed by atoms with Crippen LogP contribution in [0.15, 0.2) is 12.1 Å². The van der Waals surface area contributed by atoms with Gasteiger partial charge in [-0.25, -0.2) is 0 Å². The molecule has 0 aliphatic carbocycles. The van der Waals surface area contributed by atoms with Gasteiger partial charge in [-0.1, -0.05) is 12.1 Å². The number of hydrogen-bond donors (Lipinski definition) is 1. The minimum atomic E-state index is -4.07. The molecule has 1 aliphatic rings. The van der Waals surface area contributed by atoms with Gasteiger partial charge in [0, 0.05) is 12.6 Å². The molecule has 19 heavy (non-hydrogen) atoms. The third-order valence-electron chi connectivity index (χ3n) is 4.14. The van der Waals surface area contributed by atoms with Gasteiger partial charge < -0.3 is 5.32 Å². The van der Waals surface area contributed by atoms with Crippen LogP contribution in [-0.2, 0) is 0 Å². The second kappa shape index (κ2) is 5.16. The normalized spacial score (nSPS) is 24.5. The van der Waals surface area contributed by atoms with Crippen molar-refractivity contribution in [2.75, 3.05) is 6.54 Å². The number of aryl methyl sites for hydroxylation is 3. The Morgan fingerprint density at radius 2 is 1.63 bits per heavy atom. The van der Waals surface area contributed by atoms with E-state index in [0.717, 1.165) is 11.1 Å². The molecule has 1 saturated heterocycles. The Labute approximate surface area is 112 Å². The van der Waals surface area contributed by atoms with Crippen LogP contribution in [0.1, 0.15) is 41.1 Å². The van der Waals surface area contributed by atoms with E-state index in [-0.39, 0.29) is 19.0 Å². The van der Waals surface area contributed by atoms with E-state index in [4.69, 9.17) is 0 Å². The quantitative estimate of drug-likeness (QED) is 0.806. The number of hydrogen-bond acceptors (Lipinski definition) is 1. The van der Waals surface area contributed by atoms with Gasteiger partial charge in [-0.3, -0.25) is 0 Å². The number of nitrogens with one attached hydrogen (secondary N) is 1. The molecule has 106 valence electrons. The van der Waals surface area contributed by atoms with E-state index >= 15 is 0 Å². The van der Waals surface area contributed by atoms with Gasteiger partial charge in [0.15, 0.2) is 0 Å². The van der Waals surface area contributed by atoms with E-state index in [0.29, 0.717) is 6.42 Å². The highest BCUT2D eigenvalue weighted by Crippen LogP contribution is 2.36. The molecule has 0 radical (unpaired) electrons. The monoisotopic (exact) mass is 271 g/mol. The Balaban J connectivity index is 2.12. The average Bonchev–Trinajstić information content (AvgIpc) is 2.33. The lowest BCUT2D eigenvalue weighted by Gasteiger charge is -2.32. The number of rotatable bonds is 1. The van der Waals surface area contributed by atoms with Crippen LogP contribution >= 0.6 is 0 Å². The van der Waals surface area contributed by atoms with Gasteiger partial charge in [0.25, 0.3) is 0 Å². The van der Waals surface area contributed by atoms with E-state index in [1.807, 2.05) is 13.8 Å². The lowest BCUT2D eigenvalue weighted by atomic mass is 9.87. The first-order valence-corrected chi connectivity index (χ1v) is 6.67. The first-order chi connectivity index (χ1) is 8.79. The molecule has 1 fully saturated rings. The topological polar surface area (TPSA) is 12.0 Å². The summed E-state index contributed by atoms with van der Waals surface area (Å²) in [5.41, 5.74) is 4.72. The molecule has 0 aromatic heterocycles. The molecule has 0 amide bonds. The summed E-state index contributed by atoms with van der Waals surface area (Å²) in [6, 6.07) is 4.27. The Hall–Kier alpha value is -1.03. The van der Waals surface area contributed by atoms with Crippen LogP contribution in [-0.4, -0.2) is 12.7 Å². The van der Waals surface area contributed by atoms with Crippen molar-refractivity contribution in [2.24, 2.45) is 5.92 Å². The molecular weight excluding hydrogens is 251 g/mol. The van der Waals surface area contributed by atoms with Crippen molar-refractivity contribution in [3.8, 4) is 0 Å². The number of piperidine rings is 1. The fourth-order valence-corrected chi connectivity index (χ4v) is 2.76. The highest BCUT2D eigenvalue weighted by atomic mass is 19.4. The molecule has 0 bridgehead atoms. The van der Waals surface area contributed by atoms with Crippen molar-refractivity contribution in [3.05, 3.63) is 34.4 Å². The third kappa shape index (κ3) is 3.11. The maximum absolute atomic E-state index is 12.6. The fourth-order valence-electron chi connectivity index (χ4n) is 2.76. The van der Waals surface area contributed by atoms with Crippen molar-refractivity contribution in [3.63, 3.8) is 0 Å². The van der Waals surface area contributed by atoms with Crippen molar-refractivity contribution < 1.29 is 13.2 Å². The third-order valence-corrected chi connectivity index (χ3v) is 4.14. The second-order valence-corrected chi connectivity index (χ2v) is 5.57. The molecular formula is C15H20F3N. The lowest BCUT2D eigenvalue weighted by Crippen LogP contribution is -2.40. The summed E-state index contributed by atoms with van der Waals surface area (Å²) in [6.07, 6.45) is -3.31. The molecule has 1 nitrogen and oxygen atoms in total. The Morgan fingerprint density at radius 1 is 1.00 bits per heavy atom. The highest BCUT2D eigenvalue weighted by Gasteiger charge is 2.41. The van der Waals surface area contributed by atoms with Gasteiger partial charge in [-0.05, 0) is 55.9 Å². The van der Waals surface area contributed by atoms with E-state index in [1.165, 1.54) is 11.1 Å². The predicted octanol–water partition coefficient (Wildman–Crippen LogP) is 4.21. The smallest absolute Gasteiger partial charge is 0.309 e. The Kier molecular flexibility index (Phi) is 3.90. The lowest BCUT2D eigenvalue weighted by molar-refractivity contribution is -0.179. The van der Waals surface area contributed by atoms with E-state index in [1.54, 1.807) is 0 Å². The van der Waals surface area contributed by atoms with Crippen LogP contribution in [0, 0.1) is 26.7 Å². The molecule has 1 heterocycles. The number of benzene rings is 1. The maximum atomic E-state index is 12.6. The fraction of sp³-hybridized carbons (Fsp3) is 0.600. The number of halogens is 3. The van der Waals surface area contributed by atoms with Crippen LogP contribution in [0.3, 0.4) is 0 Å². The molecule has 2 rings (SSSR count). The van der Waals surface area contributed by atoms with Gasteiger partial charge in [0.2, 0.25) is 0 Å². The van der Waals surface area contributed by atoms with Gasteiger partial charge in [0.1, 0.15) is 0 Å². The first kappa shape index (κ1) is 14.4. The summed E-state index contributed by atoms with van der Waals surface area (Å²) in [4.78, 5) is 0. The molecule has 4 heteroatoms. The standard InChI is InChI=1S/C15H20F3N/c1-9-6-11(3)13(7-10(9)2)14-5-4-12(8-19-14)15(16,17)18/h6-7,12,14,19H,4-5,8H2,1-3H3. The molecule has 0 saturated carbocycles. The predicted molar refractivity (Wildman–Crippen MR) is 70.2 cm³/mol. The summed E-state index contributed by atoms with van der Waals surface area (Å²) in [5.74, 6) is -1.20. The zero-order valence-electron chi connectivity index (χ0n) is 11.6. The largest absolute Gasteiger partial charge is 0.393 e. The summed E-state index contributed by atoms with van der Waals surface area (Å²) >= 11 is 0. The molecule has 2 atom stereocenters. The van der Waals surface area contributed by atoms with Gasteiger partial charge in [-0.15, -0.1) is 0 Å². The van der Waals surface area contributed by atoms with Crippen molar-refractivity contribution >= 4 is 0 Å². The van der Waals surface area contributed by atoms with E-state index < -0.39 is 12.1 Å². The Bertz CT molecular complexity index is 457. The minimum absolute atomic E-state index is 0.0283. The molecule has 1 aromatic rings. The second-order valence-electron chi connectivity index (χ2n) is 5.57. The van der Waals surface area contributed by atoms with Crippen molar-refractivity contribution in [1.82, 2.24) is 5.32 Å². The van der Waals surface area contributed by atoms with E-state index in [2.05, 4.69) is 24.4 Å². The van der Waals surface area contributed by atoms with Crippen LogP contribution in [0.2, 0.25) is 0 Å². The van der Waals surface area contributed by atoms with Gasteiger partial charge >= 0.3 is 6.18 Å². The van der Waals surface area contributed by atoms with Crippen LogP contribution in [0.4, 0.5) is 13.2 Å². The SMILES string of the molecule is Cc1cc(C)c(C2CCC(C(F)(F)F)CN2)cc1C. The Morgan fingerprint density at radius 3 is 2.16 bits per heavy atom.